The second kappa shape index (κ2) is 8.49. The first-order chi connectivity index (χ1) is 12.8. The Morgan fingerprint density at radius 1 is 1.00 bits per heavy atom. The lowest BCUT2D eigenvalue weighted by molar-refractivity contribution is 0.171. The molecule has 1 fully saturated rings. The Kier molecular flexibility index (Phi) is 5.86. The summed E-state index contributed by atoms with van der Waals surface area (Å²) < 4.78 is 6.23. The zero-order valence-corrected chi connectivity index (χ0v) is 16.5. The molecule has 2 aromatic rings. The van der Waals surface area contributed by atoms with E-state index in [-0.39, 0.29) is 0 Å². The fourth-order valence-corrected chi connectivity index (χ4v) is 5.54. The van der Waals surface area contributed by atoms with Gasteiger partial charge in [-0.15, -0.1) is 0 Å². The highest BCUT2D eigenvalue weighted by Crippen LogP contribution is 2.44. The van der Waals surface area contributed by atoms with Crippen LogP contribution in [-0.2, 0) is 6.42 Å². The molecule has 0 aromatic heterocycles. The lowest BCUT2D eigenvalue weighted by Gasteiger charge is -2.32. The Bertz CT molecular complexity index is 726. The molecule has 26 heavy (non-hydrogen) atoms. The van der Waals surface area contributed by atoms with Gasteiger partial charge in [0.1, 0.15) is 11.5 Å². The smallest absolute Gasteiger partial charge is 0.131 e. The van der Waals surface area contributed by atoms with Crippen LogP contribution >= 0.6 is 11.8 Å². The molecular formula is C23H29NOS. The van der Waals surface area contributed by atoms with E-state index >= 15 is 0 Å². The van der Waals surface area contributed by atoms with Crippen LogP contribution in [-0.4, -0.2) is 29.8 Å². The van der Waals surface area contributed by atoms with Gasteiger partial charge in [-0.3, -0.25) is 0 Å². The molecule has 4 rings (SSSR count). The molecule has 138 valence electrons. The van der Waals surface area contributed by atoms with Crippen LogP contribution in [0.25, 0.3) is 0 Å². The van der Waals surface area contributed by atoms with Gasteiger partial charge in [0, 0.05) is 16.9 Å². The van der Waals surface area contributed by atoms with E-state index in [9.17, 15) is 0 Å². The predicted octanol–water partition coefficient (Wildman–Crippen LogP) is 6.07. The van der Waals surface area contributed by atoms with Gasteiger partial charge in [0.25, 0.3) is 0 Å². The van der Waals surface area contributed by atoms with E-state index in [0.29, 0.717) is 11.3 Å². The van der Waals surface area contributed by atoms with Crippen LogP contribution in [0.1, 0.15) is 49.0 Å². The third kappa shape index (κ3) is 4.10. The van der Waals surface area contributed by atoms with Crippen molar-refractivity contribution in [1.29, 1.82) is 0 Å². The van der Waals surface area contributed by atoms with Crippen molar-refractivity contribution < 1.29 is 4.74 Å². The number of piperidine rings is 1. The minimum Gasteiger partial charge on any atom is -0.457 e. The van der Waals surface area contributed by atoms with Crippen LogP contribution in [0.3, 0.4) is 0 Å². The van der Waals surface area contributed by atoms with Crippen molar-refractivity contribution in [2.45, 2.75) is 50.3 Å². The first-order valence-corrected chi connectivity index (χ1v) is 11.1. The summed E-state index contributed by atoms with van der Waals surface area (Å²) in [5, 5.41) is 0.475. The van der Waals surface area contributed by atoms with Crippen molar-refractivity contribution in [2.75, 3.05) is 18.8 Å². The van der Waals surface area contributed by atoms with Gasteiger partial charge in [-0.05, 0) is 69.1 Å². The highest BCUT2D eigenvalue weighted by Gasteiger charge is 2.24. The molecule has 0 radical (unpaired) electrons. The molecule has 0 aliphatic carbocycles. The SMILES string of the molecule is CC(CCSC1Cc2ccccc2Oc2ccccc21)N1CCCCC1. The minimum absolute atomic E-state index is 0.475. The monoisotopic (exact) mass is 367 g/mol. The average molecular weight is 368 g/mol. The molecule has 0 N–H and O–H groups in total. The number of para-hydroxylation sites is 2. The molecule has 2 aliphatic heterocycles. The zero-order valence-electron chi connectivity index (χ0n) is 15.7. The largest absolute Gasteiger partial charge is 0.457 e. The summed E-state index contributed by atoms with van der Waals surface area (Å²) in [5.74, 6) is 3.25. The summed E-state index contributed by atoms with van der Waals surface area (Å²) in [6.45, 7) is 4.99. The summed E-state index contributed by atoms with van der Waals surface area (Å²) in [5.41, 5.74) is 2.67. The van der Waals surface area contributed by atoms with Crippen molar-refractivity contribution in [1.82, 2.24) is 4.90 Å². The number of benzene rings is 2. The van der Waals surface area contributed by atoms with Crippen LogP contribution in [0.15, 0.2) is 48.5 Å². The van der Waals surface area contributed by atoms with Crippen LogP contribution in [0.4, 0.5) is 0 Å². The second-order valence-corrected chi connectivity index (χ2v) is 8.86. The van der Waals surface area contributed by atoms with Gasteiger partial charge in [-0.25, -0.2) is 0 Å². The van der Waals surface area contributed by atoms with Gasteiger partial charge in [0.05, 0.1) is 0 Å². The number of likely N-dealkylation sites (tertiary alicyclic amines) is 1. The quantitative estimate of drug-likeness (QED) is 0.636. The second-order valence-electron chi connectivity index (χ2n) is 7.55. The Balaban J connectivity index is 1.43. The number of rotatable bonds is 5. The van der Waals surface area contributed by atoms with E-state index in [1.54, 1.807) is 0 Å². The lowest BCUT2D eigenvalue weighted by atomic mass is 10.0. The summed E-state index contributed by atoms with van der Waals surface area (Å²) in [6.07, 6.45) is 6.49. The van der Waals surface area contributed by atoms with Crippen molar-refractivity contribution in [3.8, 4) is 11.5 Å². The fourth-order valence-electron chi connectivity index (χ4n) is 4.11. The highest BCUT2D eigenvalue weighted by atomic mass is 32.2. The minimum atomic E-state index is 0.475. The number of nitrogens with zero attached hydrogens (tertiary/aromatic N) is 1. The van der Waals surface area contributed by atoms with E-state index in [0.717, 1.165) is 17.9 Å². The normalized spacial score (nSPS) is 21.2. The highest BCUT2D eigenvalue weighted by molar-refractivity contribution is 7.99. The molecule has 1 saturated heterocycles. The van der Waals surface area contributed by atoms with E-state index in [1.165, 1.54) is 55.7 Å². The standard InChI is InChI=1S/C23H29NOS/c1-18(24-14-7-2-8-15-24)13-16-26-23-17-19-9-3-5-11-21(19)25-22-12-6-4-10-20(22)23/h3-6,9-12,18,23H,2,7-8,13-17H2,1H3. The summed E-state index contributed by atoms with van der Waals surface area (Å²) in [7, 11) is 0. The number of fused-ring (bicyclic) bond motifs is 2. The Labute approximate surface area is 161 Å². The van der Waals surface area contributed by atoms with Crippen molar-refractivity contribution in [3.63, 3.8) is 0 Å². The van der Waals surface area contributed by atoms with Gasteiger partial charge in [-0.1, -0.05) is 42.8 Å². The molecule has 2 heterocycles. The molecule has 0 saturated carbocycles. The first-order valence-electron chi connectivity index (χ1n) is 10.0. The fraction of sp³-hybridized carbons (Fsp3) is 0.478. The molecule has 2 unspecified atom stereocenters. The average Bonchev–Trinajstić information content (AvgIpc) is 2.85. The summed E-state index contributed by atoms with van der Waals surface area (Å²) >= 11 is 2.10. The maximum Gasteiger partial charge on any atom is 0.131 e. The number of ether oxygens (including phenoxy) is 1. The molecule has 2 atom stereocenters. The predicted molar refractivity (Wildman–Crippen MR) is 111 cm³/mol. The van der Waals surface area contributed by atoms with Gasteiger partial charge < -0.3 is 9.64 Å². The summed E-state index contributed by atoms with van der Waals surface area (Å²) in [6, 6.07) is 17.8. The van der Waals surface area contributed by atoms with E-state index in [4.69, 9.17) is 4.74 Å². The van der Waals surface area contributed by atoms with E-state index in [2.05, 4.69) is 72.1 Å². The first kappa shape index (κ1) is 17.9. The van der Waals surface area contributed by atoms with Gasteiger partial charge >= 0.3 is 0 Å². The topological polar surface area (TPSA) is 12.5 Å². The van der Waals surface area contributed by atoms with Crippen molar-refractivity contribution in [3.05, 3.63) is 59.7 Å². The van der Waals surface area contributed by atoms with Gasteiger partial charge in [0.2, 0.25) is 0 Å². The molecule has 2 aromatic carbocycles. The molecule has 0 bridgehead atoms. The molecular weight excluding hydrogens is 338 g/mol. The van der Waals surface area contributed by atoms with Crippen LogP contribution in [0, 0.1) is 0 Å². The lowest BCUT2D eigenvalue weighted by Crippen LogP contribution is -2.37. The Hall–Kier alpha value is -1.45. The zero-order chi connectivity index (χ0) is 17.8. The molecule has 2 aliphatic rings. The summed E-state index contributed by atoms with van der Waals surface area (Å²) in [4.78, 5) is 2.68. The molecule has 0 amide bonds. The third-order valence-electron chi connectivity index (χ3n) is 5.73. The van der Waals surface area contributed by atoms with Crippen LogP contribution < -0.4 is 4.74 Å². The maximum absolute atomic E-state index is 6.23. The Morgan fingerprint density at radius 2 is 1.73 bits per heavy atom. The molecule has 2 nitrogen and oxygen atoms in total. The maximum atomic E-state index is 6.23. The number of hydrogen-bond donors (Lipinski definition) is 0. The Morgan fingerprint density at radius 3 is 2.58 bits per heavy atom. The molecule has 3 heteroatoms. The van der Waals surface area contributed by atoms with Gasteiger partial charge in [0.15, 0.2) is 0 Å². The van der Waals surface area contributed by atoms with E-state index in [1.807, 2.05) is 0 Å². The third-order valence-corrected chi connectivity index (χ3v) is 7.03. The van der Waals surface area contributed by atoms with Gasteiger partial charge in [-0.2, -0.15) is 11.8 Å². The number of thioether (sulfide) groups is 1. The van der Waals surface area contributed by atoms with Crippen LogP contribution in [0.2, 0.25) is 0 Å². The van der Waals surface area contributed by atoms with Crippen LogP contribution in [0.5, 0.6) is 11.5 Å². The van der Waals surface area contributed by atoms with Crippen molar-refractivity contribution in [2.24, 2.45) is 0 Å². The van der Waals surface area contributed by atoms with Crippen molar-refractivity contribution >= 4 is 11.8 Å². The van der Waals surface area contributed by atoms with E-state index < -0.39 is 0 Å². The number of hydrogen-bond acceptors (Lipinski definition) is 3. The molecule has 0 spiro atoms.